The first-order valence-electron chi connectivity index (χ1n) is 20.6. The van der Waals surface area contributed by atoms with Crippen molar-refractivity contribution in [2.75, 3.05) is 68.0 Å². The summed E-state index contributed by atoms with van der Waals surface area (Å²) in [7, 11) is 0. The number of halogens is 1. The van der Waals surface area contributed by atoms with Crippen LogP contribution in [-0.2, 0) is 14.4 Å². The molecule has 3 aromatic rings. The molecule has 1 saturated carbocycles. The second-order valence-electron chi connectivity index (χ2n) is 16.0. The Hall–Kier alpha value is -4.71. The van der Waals surface area contributed by atoms with Crippen molar-refractivity contribution in [3.8, 4) is 0 Å². The van der Waals surface area contributed by atoms with E-state index in [1.54, 1.807) is 12.4 Å². The third-order valence-corrected chi connectivity index (χ3v) is 12.6. The Morgan fingerprint density at radius 1 is 0.895 bits per heavy atom. The van der Waals surface area contributed by atoms with Crippen molar-refractivity contribution in [3.05, 3.63) is 94.9 Å². The summed E-state index contributed by atoms with van der Waals surface area (Å²) in [5.41, 5.74) is 6.47. The summed E-state index contributed by atoms with van der Waals surface area (Å²) in [6, 6.07) is 18.5. The van der Waals surface area contributed by atoms with E-state index in [1.165, 1.54) is 30.2 Å². The lowest BCUT2D eigenvalue weighted by Gasteiger charge is -2.39. The molecule has 4 heterocycles. The fraction of sp³-hybridized carbons (Fsp3) is 0.467. The molecule has 300 valence electrons. The largest absolute Gasteiger partial charge is 0.376 e. The zero-order valence-corrected chi connectivity index (χ0v) is 33.6. The molecule has 7 rings (SSSR count). The number of benzene rings is 2. The van der Waals surface area contributed by atoms with Crippen LogP contribution in [0.4, 0.5) is 17.1 Å². The van der Waals surface area contributed by atoms with E-state index in [1.807, 2.05) is 29.2 Å². The molecule has 0 radical (unpaired) electrons. The third kappa shape index (κ3) is 10.2. The van der Waals surface area contributed by atoms with Crippen LogP contribution in [0.25, 0.3) is 0 Å². The molecule has 4 fully saturated rings. The van der Waals surface area contributed by atoms with Gasteiger partial charge in [0, 0.05) is 43.5 Å². The van der Waals surface area contributed by atoms with E-state index in [4.69, 9.17) is 16.6 Å². The van der Waals surface area contributed by atoms with Gasteiger partial charge in [-0.1, -0.05) is 41.9 Å². The van der Waals surface area contributed by atoms with Crippen LogP contribution >= 0.6 is 11.6 Å². The van der Waals surface area contributed by atoms with E-state index in [0.717, 1.165) is 107 Å². The van der Waals surface area contributed by atoms with Crippen molar-refractivity contribution in [1.82, 2.24) is 14.8 Å². The van der Waals surface area contributed by atoms with Crippen LogP contribution in [-0.4, -0.2) is 104 Å². The maximum atomic E-state index is 14.0. The molecule has 1 aromatic heterocycles. The van der Waals surface area contributed by atoms with Crippen LogP contribution in [0.15, 0.2) is 88.2 Å². The molecule has 57 heavy (non-hydrogen) atoms. The number of pyridine rings is 1. The van der Waals surface area contributed by atoms with Crippen LogP contribution < -0.4 is 15.5 Å². The number of allylic oxidation sites excluding steroid dienone is 1. The zero-order chi connectivity index (χ0) is 39.6. The van der Waals surface area contributed by atoms with Gasteiger partial charge in [-0.25, -0.2) is 0 Å². The lowest BCUT2D eigenvalue weighted by molar-refractivity contribution is -0.128. The number of hydrogen-bond acceptors (Lipinski definition) is 10. The molecule has 0 bridgehead atoms. The van der Waals surface area contributed by atoms with Crippen LogP contribution in [0.1, 0.15) is 86.3 Å². The van der Waals surface area contributed by atoms with E-state index >= 15 is 0 Å². The molecule has 12 heteroatoms. The number of carbonyl (C=O) groups is 3. The molecule has 1 amide bonds. The van der Waals surface area contributed by atoms with Crippen LogP contribution in [0, 0.1) is 5.41 Å². The Labute approximate surface area is 341 Å². The first-order valence-corrected chi connectivity index (χ1v) is 20.9. The number of piperidine rings is 2. The van der Waals surface area contributed by atoms with Crippen molar-refractivity contribution in [2.45, 2.75) is 75.7 Å². The average molecular weight is 791 g/mol. The van der Waals surface area contributed by atoms with Crippen LogP contribution in [0.2, 0.25) is 0 Å². The summed E-state index contributed by atoms with van der Waals surface area (Å²) >= 11 is 6.61. The number of aromatic nitrogens is 1. The molecule has 2 aromatic carbocycles. The average Bonchev–Trinajstić information content (AvgIpc) is 4.06. The van der Waals surface area contributed by atoms with Crippen molar-refractivity contribution in [1.29, 1.82) is 0 Å². The monoisotopic (exact) mass is 790 g/mol. The standard InChI is InChI=1S/C45H55ClN8O3/c1-47-30-42(46)43(37-5-2-4-36(26-37)34-7-8-34)50-32-49-40-27-41(29-48-28-40)54-22-17-45(44(54)57)15-20-53(21-16-45)24-23-52-18-13-35(14-19-52)33-9-11-38(12-10-33)51-39(31-56)6-3-25-55/h2,4-5,9-12,25-31,34-35,39,49,51H,1,3,6-8,13-24,32H2/b42-30+,50-43-. The second-order valence-corrected chi connectivity index (χ2v) is 16.4. The number of nitrogens with one attached hydrogen (secondary N) is 2. The molecule has 3 aliphatic heterocycles. The molecule has 3 saturated heterocycles. The highest BCUT2D eigenvalue weighted by molar-refractivity contribution is 6.46. The minimum atomic E-state index is -0.344. The van der Waals surface area contributed by atoms with Crippen molar-refractivity contribution in [3.63, 3.8) is 0 Å². The van der Waals surface area contributed by atoms with E-state index in [9.17, 15) is 14.4 Å². The lowest BCUT2D eigenvalue weighted by Crippen LogP contribution is -2.47. The molecule has 4 aliphatic rings. The van der Waals surface area contributed by atoms with Gasteiger partial charge in [0.2, 0.25) is 5.91 Å². The summed E-state index contributed by atoms with van der Waals surface area (Å²) in [5, 5.41) is 7.02. The van der Waals surface area contributed by atoms with E-state index in [2.05, 4.69) is 67.5 Å². The van der Waals surface area contributed by atoms with Gasteiger partial charge in [0.15, 0.2) is 0 Å². The first-order chi connectivity index (χ1) is 27.9. The molecular formula is C45H55ClN8O3. The molecular weight excluding hydrogens is 736 g/mol. The number of amides is 1. The number of nitrogens with zero attached hydrogens (tertiary/aromatic N) is 6. The maximum absolute atomic E-state index is 14.0. The van der Waals surface area contributed by atoms with Gasteiger partial charge in [-0.05, 0) is 131 Å². The quantitative estimate of drug-likeness (QED) is 0.102. The molecule has 1 atom stereocenters. The smallest absolute Gasteiger partial charge is 0.233 e. The van der Waals surface area contributed by atoms with Crippen molar-refractivity contribution in [2.24, 2.45) is 15.4 Å². The number of hydrogen-bond donors (Lipinski definition) is 2. The van der Waals surface area contributed by atoms with Gasteiger partial charge in [0.1, 0.15) is 19.2 Å². The van der Waals surface area contributed by atoms with Crippen molar-refractivity contribution < 1.29 is 14.4 Å². The van der Waals surface area contributed by atoms with Gasteiger partial charge in [-0.3, -0.25) is 19.8 Å². The Morgan fingerprint density at radius 2 is 1.61 bits per heavy atom. The van der Waals surface area contributed by atoms with E-state index in [0.29, 0.717) is 42.0 Å². The van der Waals surface area contributed by atoms with Gasteiger partial charge in [0.05, 0.1) is 46.0 Å². The molecule has 1 spiro atoms. The van der Waals surface area contributed by atoms with E-state index < -0.39 is 0 Å². The van der Waals surface area contributed by atoms with Gasteiger partial charge in [0.25, 0.3) is 0 Å². The summed E-state index contributed by atoms with van der Waals surface area (Å²) < 4.78 is 0. The minimum Gasteiger partial charge on any atom is -0.376 e. The number of carbonyl (C=O) groups excluding carboxylic acids is 3. The highest BCUT2D eigenvalue weighted by atomic mass is 35.5. The maximum Gasteiger partial charge on any atom is 0.233 e. The van der Waals surface area contributed by atoms with Gasteiger partial charge >= 0.3 is 0 Å². The second kappa shape index (κ2) is 19.2. The highest BCUT2D eigenvalue weighted by Gasteiger charge is 2.48. The summed E-state index contributed by atoms with van der Waals surface area (Å²) in [6.07, 6.45) is 15.0. The third-order valence-electron chi connectivity index (χ3n) is 12.3. The lowest BCUT2D eigenvalue weighted by atomic mass is 9.77. The highest BCUT2D eigenvalue weighted by Crippen LogP contribution is 2.43. The van der Waals surface area contributed by atoms with Crippen LogP contribution in [0.3, 0.4) is 0 Å². The predicted octanol–water partition coefficient (Wildman–Crippen LogP) is 7.26. The van der Waals surface area contributed by atoms with Gasteiger partial charge in [-0.15, -0.1) is 0 Å². The Bertz CT molecular complexity index is 1930. The zero-order valence-electron chi connectivity index (χ0n) is 32.8. The first kappa shape index (κ1) is 40.5. The van der Waals surface area contributed by atoms with E-state index in [-0.39, 0.29) is 24.0 Å². The fourth-order valence-corrected chi connectivity index (χ4v) is 8.92. The number of anilines is 3. The normalized spacial score (nSPS) is 20.1. The minimum absolute atomic E-state index is 0.220. The number of likely N-dealkylation sites (tertiary alicyclic amines) is 2. The van der Waals surface area contributed by atoms with Crippen LogP contribution in [0.5, 0.6) is 0 Å². The predicted molar refractivity (Wildman–Crippen MR) is 230 cm³/mol. The number of aliphatic imine (C=N–C) groups is 2. The Morgan fingerprint density at radius 3 is 2.32 bits per heavy atom. The van der Waals surface area contributed by atoms with Gasteiger partial charge in [-0.2, -0.15) is 0 Å². The number of rotatable bonds is 18. The summed E-state index contributed by atoms with van der Waals surface area (Å²) in [5.74, 6) is 1.37. The number of aldehydes is 2. The Balaban J connectivity index is 0.859. The molecule has 2 N–H and O–H groups in total. The fourth-order valence-electron chi connectivity index (χ4n) is 8.68. The van der Waals surface area contributed by atoms with Crippen molar-refractivity contribution >= 4 is 59.6 Å². The molecule has 1 unspecified atom stereocenters. The van der Waals surface area contributed by atoms with Gasteiger partial charge < -0.3 is 34.9 Å². The topological polar surface area (TPSA) is 123 Å². The summed E-state index contributed by atoms with van der Waals surface area (Å²) in [6.45, 7) is 10.7. The molecule has 1 aliphatic carbocycles. The summed E-state index contributed by atoms with van der Waals surface area (Å²) in [4.78, 5) is 56.2. The Kier molecular flexibility index (Phi) is 13.6. The molecule has 11 nitrogen and oxygen atoms in total. The SMILES string of the molecule is C=N/C=C(Cl)\C(=N/CNc1cncc(N2CCC3(CCN(CCN4CCC(c5ccc(NC(C=O)CCC=O)cc5)CC4)CC3)C2=O)c1)c1cccc(C2CC2)c1.